The Kier molecular flexibility index (Phi) is 3.57. The van der Waals surface area contributed by atoms with E-state index >= 15 is 0 Å². The van der Waals surface area contributed by atoms with Gasteiger partial charge in [0.25, 0.3) is 0 Å². The highest BCUT2D eigenvalue weighted by Crippen LogP contribution is 2.30. The van der Waals surface area contributed by atoms with E-state index in [1.807, 2.05) is 4.68 Å². The van der Waals surface area contributed by atoms with E-state index in [0.717, 1.165) is 30.8 Å². The first-order valence-corrected chi connectivity index (χ1v) is 7.48. The van der Waals surface area contributed by atoms with Crippen LogP contribution >= 0.6 is 0 Å². The van der Waals surface area contributed by atoms with Crippen LogP contribution in [-0.2, 0) is 17.9 Å². The Labute approximate surface area is 130 Å². The van der Waals surface area contributed by atoms with Crippen LogP contribution in [0.2, 0.25) is 0 Å². The molecule has 122 valence electrons. The van der Waals surface area contributed by atoms with Crippen LogP contribution in [0.4, 0.5) is 13.2 Å². The SMILES string of the molecule is Fc1cc(CN2CC[C@H]3OCc4cnnn4[C@H]3C2)cc(F)c1F. The van der Waals surface area contributed by atoms with Crippen LogP contribution in [-0.4, -0.2) is 39.1 Å². The second kappa shape index (κ2) is 5.61. The summed E-state index contributed by atoms with van der Waals surface area (Å²) in [5, 5.41) is 8.02. The molecule has 2 atom stereocenters. The highest BCUT2D eigenvalue weighted by molar-refractivity contribution is 5.19. The van der Waals surface area contributed by atoms with Gasteiger partial charge in [-0.15, -0.1) is 5.10 Å². The maximum absolute atomic E-state index is 13.3. The van der Waals surface area contributed by atoms with E-state index in [4.69, 9.17) is 4.74 Å². The van der Waals surface area contributed by atoms with Crippen molar-refractivity contribution in [3.05, 3.63) is 47.0 Å². The van der Waals surface area contributed by atoms with E-state index in [1.165, 1.54) is 0 Å². The number of fused-ring (bicyclic) bond motifs is 3. The van der Waals surface area contributed by atoms with Gasteiger partial charge in [-0.2, -0.15) is 0 Å². The van der Waals surface area contributed by atoms with Crippen LogP contribution in [0.1, 0.15) is 23.7 Å². The van der Waals surface area contributed by atoms with Gasteiger partial charge >= 0.3 is 0 Å². The molecule has 4 rings (SSSR count). The summed E-state index contributed by atoms with van der Waals surface area (Å²) in [5.41, 5.74) is 1.34. The van der Waals surface area contributed by atoms with Gasteiger partial charge in [0.1, 0.15) is 0 Å². The predicted octanol–water partition coefficient (Wildman–Crippen LogP) is 2.04. The quantitative estimate of drug-likeness (QED) is 0.793. The lowest BCUT2D eigenvalue weighted by Gasteiger charge is -2.41. The van der Waals surface area contributed by atoms with Gasteiger partial charge in [0, 0.05) is 19.6 Å². The molecule has 0 N–H and O–H groups in total. The summed E-state index contributed by atoms with van der Waals surface area (Å²) in [5.74, 6) is -3.75. The molecule has 0 bridgehead atoms. The van der Waals surface area contributed by atoms with E-state index < -0.39 is 17.5 Å². The first-order valence-electron chi connectivity index (χ1n) is 7.48. The summed E-state index contributed by atoms with van der Waals surface area (Å²) >= 11 is 0. The molecule has 5 nitrogen and oxygen atoms in total. The Morgan fingerprint density at radius 1 is 1.22 bits per heavy atom. The average molecular weight is 324 g/mol. The Hall–Kier alpha value is -1.93. The zero-order chi connectivity index (χ0) is 16.0. The highest BCUT2D eigenvalue weighted by atomic mass is 19.2. The first kappa shape index (κ1) is 14.6. The van der Waals surface area contributed by atoms with E-state index in [9.17, 15) is 13.2 Å². The summed E-state index contributed by atoms with van der Waals surface area (Å²) in [6.45, 7) is 2.23. The molecule has 0 radical (unpaired) electrons. The molecule has 0 unspecified atom stereocenters. The van der Waals surface area contributed by atoms with Gasteiger partial charge in [0.2, 0.25) is 0 Å². The van der Waals surface area contributed by atoms with Crippen LogP contribution in [0.3, 0.4) is 0 Å². The fourth-order valence-corrected chi connectivity index (χ4v) is 3.35. The fraction of sp³-hybridized carbons (Fsp3) is 0.467. The molecule has 3 heterocycles. The van der Waals surface area contributed by atoms with Crippen LogP contribution < -0.4 is 0 Å². The lowest BCUT2D eigenvalue weighted by molar-refractivity contribution is -0.0670. The first-order chi connectivity index (χ1) is 11.1. The molecule has 1 aromatic heterocycles. The van der Waals surface area contributed by atoms with Crippen molar-refractivity contribution in [2.24, 2.45) is 0 Å². The monoisotopic (exact) mass is 324 g/mol. The maximum Gasteiger partial charge on any atom is 0.194 e. The Balaban J connectivity index is 1.52. The summed E-state index contributed by atoms with van der Waals surface area (Å²) in [6.07, 6.45) is 2.55. The highest BCUT2D eigenvalue weighted by Gasteiger charge is 2.36. The molecule has 0 saturated carbocycles. The number of ether oxygens (including phenoxy) is 1. The molecule has 8 heteroatoms. The van der Waals surface area contributed by atoms with Gasteiger partial charge < -0.3 is 4.74 Å². The van der Waals surface area contributed by atoms with Crippen molar-refractivity contribution in [3.8, 4) is 0 Å². The third kappa shape index (κ3) is 2.61. The van der Waals surface area contributed by atoms with Gasteiger partial charge in [0.15, 0.2) is 17.5 Å². The molecule has 1 saturated heterocycles. The number of rotatable bonds is 2. The van der Waals surface area contributed by atoms with Crippen molar-refractivity contribution in [1.29, 1.82) is 0 Å². The van der Waals surface area contributed by atoms with Crippen molar-refractivity contribution in [2.75, 3.05) is 13.1 Å². The number of piperidine rings is 1. The lowest BCUT2D eigenvalue weighted by Crippen LogP contribution is -2.47. The standard InChI is InChI=1S/C15H15F3N4O/c16-11-3-9(4-12(17)15(11)18)6-21-2-1-14-13(7-21)22-10(8-23-14)5-19-20-22/h3-5,13-14H,1-2,6-8H2/t13-,14+/m0/s1. The van der Waals surface area contributed by atoms with Crippen molar-refractivity contribution >= 4 is 0 Å². The molecule has 2 aromatic rings. The molecule has 0 aliphatic carbocycles. The summed E-state index contributed by atoms with van der Waals surface area (Å²) in [4.78, 5) is 2.06. The van der Waals surface area contributed by atoms with Crippen LogP contribution in [0, 0.1) is 17.5 Å². The van der Waals surface area contributed by atoms with Crippen LogP contribution in [0.5, 0.6) is 0 Å². The topological polar surface area (TPSA) is 43.2 Å². The van der Waals surface area contributed by atoms with Crippen molar-refractivity contribution in [2.45, 2.75) is 31.7 Å². The molecular weight excluding hydrogens is 309 g/mol. The summed E-state index contributed by atoms with van der Waals surface area (Å²) in [6, 6.07) is 2.12. The Bertz CT molecular complexity index is 712. The van der Waals surface area contributed by atoms with Crippen LogP contribution in [0.25, 0.3) is 0 Å². The van der Waals surface area contributed by atoms with Crippen molar-refractivity contribution in [3.63, 3.8) is 0 Å². The van der Waals surface area contributed by atoms with E-state index in [-0.39, 0.29) is 12.1 Å². The molecule has 0 spiro atoms. The number of halogens is 3. The molecule has 2 aliphatic rings. The third-order valence-corrected chi connectivity index (χ3v) is 4.46. The number of nitrogens with zero attached hydrogens (tertiary/aromatic N) is 4. The molecule has 23 heavy (non-hydrogen) atoms. The van der Waals surface area contributed by atoms with Crippen molar-refractivity contribution < 1.29 is 17.9 Å². The number of aromatic nitrogens is 3. The number of hydrogen-bond acceptors (Lipinski definition) is 4. The molecule has 2 aliphatic heterocycles. The fourth-order valence-electron chi connectivity index (χ4n) is 3.35. The van der Waals surface area contributed by atoms with Crippen LogP contribution in [0.15, 0.2) is 18.3 Å². The minimum atomic E-state index is -1.43. The number of likely N-dealkylation sites (tertiary alicyclic amines) is 1. The van der Waals surface area contributed by atoms with E-state index in [0.29, 0.717) is 25.3 Å². The number of benzene rings is 1. The normalized spacial score (nSPS) is 24.3. The van der Waals surface area contributed by atoms with Crippen molar-refractivity contribution in [1.82, 2.24) is 19.9 Å². The second-order valence-electron chi connectivity index (χ2n) is 5.98. The number of hydrogen-bond donors (Lipinski definition) is 0. The van der Waals surface area contributed by atoms with Gasteiger partial charge in [-0.1, -0.05) is 5.21 Å². The average Bonchev–Trinajstić information content (AvgIpc) is 3.01. The van der Waals surface area contributed by atoms with Gasteiger partial charge in [-0.25, -0.2) is 17.9 Å². The molecular formula is C15H15F3N4O. The van der Waals surface area contributed by atoms with Gasteiger partial charge in [0.05, 0.1) is 30.6 Å². The van der Waals surface area contributed by atoms with E-state index in [2.05, 4.69) is 15.2 Å². The Morgan fingerprint density at radius 3 is 2.78 bits per heavy atom. The molecule has 1 aromatic carbocycles. The van der Waals surface area contributed by atoms with Gasteiger partial charge in [-0.05, 0) is 24.1 Å². The molecule has 1 fully saturated rings. The van der Waals surface area contributed by atoms with Gasteiger partial charge in [-0.3, -0.25) is 4.90 Å². The maximum atomic E-state index is 13.3. The summed E-state index contributed by atoms with van der Waals surface area (Å²) < 4.78 is 47.4. The minimum absolute atomic E-state index is 0.0325. The minimum Gasteiger partial charge on any atom is -0.370 e. The third-order valence-electron chi connectivity index (χ3n) is 4.46. The zero-order valence-electron chi connectivity index (χ0n) is 12.3. The molecule has 0 amide bonds. The summed E-state index contributed by atoms with van der Waals surface area (Å²) in [7, 11) is 0. The second-order valence-corrected chi connectivity index (χ2v) is 5.98. The largest absolute Gasteiger partial charge is 0.370 e. The zero-order valence-corrected chi connectivity index (χ0v) is 12.3. The van der Waals surface area contributed by atoms with E-state index in [1.54, 1.807) is 6.20 Å². The Morgan fingerprint density at radius 2 is 2.00 bits per heavy atom. The predicted molar refractivity (Wildman–Crippen MR) is 73.8 cm³/mol. The lowest BCUT2D eigenvalue weighted by atomic mass is 10.00. The smallest absolute Gasteiger partial charge is 0.194 e.